The Morgan fingerprint density at radius 1 is 1.14 bits per heavy atom. The van der Waals surface area contributed by atoms with Gasteiger partial charge in [0, 0.05) is 19.2 Å². The minimum absolute atomic E-state index is 0.0175. The number of carbonyl (C=O) groups excluding carboxylic acids is 2. The molecule has 0 aliphatic carbocycles. The Bertz CT molecular complexity index is 998. The second-order valence-corrected chi connectivity index (χ2v) is 7.90. The minimum Gasteiger partial charge on any atom is -0.338 e. The average Bonchev–Trinajstić information content (AvgIpc) is 3.42. The number of nitrogens with one attached hydrogen (secondary N) is 2. The summed E-state index contributed by atoms with van der Waals surface area (Å²) < 4.78 is 1.81. The van der Waals surface area contributed by atoms with Gasteiger partial charge in [-0.15, -0.1) is 11.3 Å². The van der Waals surface area contributed by atoms with E-state index in [4.69, 9.17) is 11.6 Å². The van der Waals surface area contributed by atoms with E-state index in [2.05, 4.69) is 20.7 Å². The lowest BCUT2D eigenvalue weighted by Crippen LogP contribution is -2.39. The number of likely N-dealkylation sites (tertiary alicyclic amines) is 1. The first-order chi connectivity index (χ1) is 14.1. The van der Waals surface area contributed by atoms with Crippen LogP contribution in [0.3, 0.4) is 0 Å². The van der Waals surface area contributed by atoms with Crippen LogP contribution in [0, 0.1) is 0 Å². The van der Waals surface area contributed by atoms with Crippen molar-refractivity contribution in [1.82, 2.24) is 19.7 Å². The second-order valence-electron chi connectivity index (χ2n) is 6.61. The number of halogens is 1. The number of amides is 3. The number of nitrogens with zero attached hydrogens (tertiary/aromatic N) is 4. The van der Waals surface area contributed by atoms with E-state index >= 15 is 0 Å². The van der Waals surface area contributed by atoms with Crippen molar-refractivity contribution in [3.8, 4) is 0 Å². The van der Waals surface area contributed by atoms with Crippen LogP contribution in [0.4, 0.5) is 16.3 Å². The van der Waals surface area contributed by atoms with Crippen molar-refractivity contribution in [1.29, 1.82) is 0 Å². The van der Waals surface area contributed by atoms with Crippen LogP contribution in [0.25, 0.3) is 0 Å². The molecule has 0 radical (unpaired) electrons. The summed E-state index contributed by atoms with van der Waals surface area (Å²) in [6, 6.07) is 8.50. The Morgan fingerprint density at radius 2 is 1.93 bits per heavy atom. The van der Waals surface area contributed by atoms with E-state index in [0.29, 0.717) is 34.5 Å². The van der Waals surface area contributed by atoms with Gasteiger partial charge >= 0.3 is 6.03 Å². The zero-order valence-corrected chi connectivity index (χ0v) is 17.0. The van der Waals surface area contributed by atoms with Crippen LogP contribution < -0.4 is 10.6 Å². The summed E-state index contributed by atoms with van der Waals surface area (Å²) >= 11 is 7.43. The van der Waals surface area contributed by atoms with Crippen LogP contribution in [0.5, 0.6) is 0 Å². The molecule has 2 aromatic heterocycles. The van der Waals surface area contributed by atoms with Gasteiger partial charge < -0.3 is 10.2 Å². The number of thiazole rings is 1. The quantitative estimate of drug-likeness (QED) is 0.651. The highest BCUT2D eigenvalue weighted by Crippen LogP contribution is 2.27. The first kappa shape index (κ1) is 19.4. The zero-order valence-electron chi connectivity index (χ0n) is 15.4. The molecule has 1 aliphatic rings. The molecule has 8 nitrogen and oxygen atoms in total. The Balaban J connectivity index is 1.36. The van der Waals surface area contributed by atoms with Crippen molar-refractivity contribution in [2.24, 2.45) is 0 Å². The summed E-state index contributed by atoms with van der Waals surface area (Å²) in [6.07, 6.45) is 4.77. The van der Waals surface area contributed by atoms with Crippen LogP contribution in [0.15, 0.2) is 48.2 Å². The number of hydrogen-bond donors (Lipinski definition) is 2. The van der Waals surface area contributed by atoms with Gasteiger partial charge in [-0.25, -0.2) is 9.48 Å². The van der Waals surface area contributed by atoms with Gasteiger partial charge in [0.1, 0.15) is 10.7 Å². The summed E-state index contributed by atoms with van der Waals surface area (Å²) in [5.74, 6) is 0.616. The van der Waals surface area contributed by atoms with Crippen LogP contribution in [-0.2, 0) is 0 Å². The summed E-state index contributed by atoms with van der Waals surface area (Å²) in [7, 11) is 0. The van der Waals surface area contributed by atoms with Crippen LogP contribution in [-0.4, -0.2) is 44.7 Å². The van der Waals surface area contributed by atoms with Crippen LogP contribution in [0.2, 0.25) is 5.02 Å². The van der Waals surface area contributed by atoms with E-state index in [9.17, 15) is 9.59 Å². The van der Waals surface area contributed by atoms with Crippen molar-refractivity contribution in [3.05, 3.63) is 58.1 Å². The number of para-hydroxylation sites is 1. The Hall–Kier alpha value is -2.91. The number of rotatable bonds is 4. The molecule has 150 valence electrons. The fourth-order valence-electron chi connectivity index (χ4n) is 3.33. The molecular formula is C19H19ClN6O2S. The lowest BCUT2D eigenvalue weighted by molar-refractivity contribution is 0.0695. The lowest BCUT2D eigenvalue weighted by Gasteiger charge is -2.32. The molecule has 10 heteroatoms. The maximum absolute atomic E-state index is 12.5. The van der Waals surface area contributed by atoms with Crippen molar-refractivity contribution in [2.45, 2.75) is 18.9 Å². The number of carbonyl (C=O) groups is 2. The van der Waals surface area contributed by atoms with Crippen molar-refractivity contribution >= 4 is 46.4 Å². The number of urea groups is 1. The highest BCUT2D eigenvalue weighted by Gasteiger charge is 2.27. The van der Waals surface area contributed by atoms with Gasteiger partial charge in [0.2, 0.25) is 0 Å². The zero-order chi connectivity index (χ0) is 20.2. The van der Waals surface area contributed by atoms with Crippen molar-refractivity contribution < 1.29 is 9.59 Å². The summed E-state index contributed by atoms with van der Waals surface area (Å²) in [6.45, 7) is 1.26. The highest BCUT2D eigenvalue weighted by atomic mass is 35.5. The van der Waals surface area contributed by atoms with Gasteiger partial charge in [0.25, 0.3) is 5.91 Å². The number of piperidine rings is 1. The molecule has 0 unspecified atom stereocenters. The third kappa shape index (κ3) is 4.41. The first-order valence-corrected chi connectivity index (χ1v) is 10.4. The molecule has 1 aliphatic heterocycles. The van der Waals surface area contributed by atoms with E-state index in [1.54, 1.807) is 52.9 Å². The molecule has 1 fully saturated rings. The molecule has 4 rings (SSSR count). The van der Waals surface area contributed by atoms with Crippen molar-refractivity contribution in [2.75, 3.05) is 23.7 Å². The van der Waals surface area contributed by atoms with Gasteiger partial charge in [-0.05, 0) is 25.0 Å². The lowest BCUT2D eigenvalue weighted by atomic mass is 10.1. The van der Waals surface area contributed by atoms with E-state index in [1.807, 2.05) is 4.90 Å². The third-order valence-corrected chi connectivity index (χ3v) is 5.87. The molecule has 3 heterocycles. The fourth-order valence-corrected chi connectivity index (χ4v) is 4.10. The fraction of sp³-hybridized carbons (Fsp3) is 0.263. The van der Waals surface area contributed by atoms with Gasteiger partial charge in [0.05, 0.1) is 34.7 Å². The number of anilines is 2. The summed E-state index contributed by atoms with van der Waals surface area (Å²) in [5, 5.41) is 10.4. The van der Waals surface area contributed by atoms with E-state index < -0.39 is 6.03 Å². The molecule has 3 amide bonds. The average molecular weight is 431 g/mol. The normalized spacial score (nSPS) is 14.6. The maximum atomic E-state index is 12.5. The summed E-state index contributed by atoms with van der Waals surface area (Å²) in [4.78, 5) is 31.3. The topological polar surface area (TPSA) is 92.2 Å². The Kier molecular flexibility index (Phi) is 5.77. The Labute approximate surface area is 176 Å². The predicted molar refractivity (Wildman–Crippen MR) is 113 cm³/mol. The minimum atomic E-state index is -0.391. The molecule has 0 spiro atoms. The van der Waals surface area contributed by atoms with Gasteiger partial charge in [-0.2, -0.15) is 5.10 Å². The largest absolute Gasteiger partial charge is 0.338 e. The molecule has 1 saturated heterocycles. The molecule has 0 saturated carbocycles. The standard InChI is InChI=1S/C19H19ClN6O2S/c20-14-3-1-2-4-15(14)23-19(28)24-17-5-8-22-26(17)13-6-9-25(10-7-13)18(27)16-11-21-12-29-16/h1-5,8,11-13H,6-7,9-10H2,(H2,23,24,28). The second kappa shape index (κ2) is 8.62. The number of aromatic nitrogens is 3. The molecule has 0 bridgehead atoms. The molecule has 0 atom stereocenters. The smallest absolute Gasteiger partial charge is 0.324 e. The van der Waals surface area contributed by atoms with E-state index in [1.165, 1.54) is 11.3 Å². The molecule has 1 aromatic carbocycles. The van der Waals surface area contributed by atoms with Crippen LogP contribution >= 0.6 is 22.9 Å². The maximum Gasteiger partial charge on any atom is 0.324 e. The molecule has 2 N–H and O–H groups in total. The number of benzene rings is 1. The Morgan fingerprint density at radius 3 is 2.66 bits per heavy atom. The van der Waals surface area contributed by atoms with E-state index in [0.717, 1.165) is 12.8 Å². The number of hydrogen-bond acceptors (Lipinski definition) is 5. The van der Waals surface area contributed by atoms with Gasteiger partial charge in [-0.3, -0.25) is 15.1 Å². The summed E-state index contributed by atoms with van der Waals surface area (Å²) in [5.41, 5.74) is 2.20. The predicted octanol–water partition coefficient (Wildman–Crippen LogP) is 4.11. The van der Waals surface area contributed by atoms with E-state index in [-0.39, 0.29) is 11.9 Å². The van der Waals surface area contributed by atoms with Gasteiger partial charge in [-0.1, -0.05) is 23.7 Å². The SMILES string of the molecule is O=C(Nc1ccccc1Cl)Nc1ccnn1C1CCN(C(=O)c2cncs2)CC1. The van der Waals surface area contributed by atoms with Crippen molar-refractivity contribution in [3.63, 3.8) is 0 Å². The monoisotopic (exact) mass is 430 g/mol. The molecular weight excluding hydrogens is 412 g/mol. The first-order valence-electron chi connectivity index (χ1n) is 9.15. The third-order valence-electron chi connectivity index (χ3n) is 4.77. The van der Waals surface area contributed by atoms with Crippen LogP contribution in [0.1, 0.15) is 28.6 Å². The van der Waals surface area contributed by atoms with Gasteiger partial charge in [0.15, 0.2) is 0 Å². The highest BCUT2D eigenvalue weighted by molar-refractivity contribution is 7.11. The molecule has 29 heavy (non-hydrogen) atoms. The molecule has 3 aromatic rings.